The largest absolute Gasteiger partial charge is 0.313 e. The van der Waals surface area contributed by atoms with E-state index < -0.39 is 0 Å². The smallest absolute Gasteiger partial charge is 0.236 e. The summed E-state index contributed by atoms with van der Waals surface area (Å²) in [5.41, 5.74) is 2.43. The van der Waals surface area contributed by atoms with Gasteiger partial charge in [0.15, 0.2) is 0 Å². The van der Waals surface area contributed by atoms with E-state index in [9.17, 15) is 4.79 Å². The zero-order valence-electron chi connectivity index (χ0n) is 12.5. The zero-order valence-corrected chi connectivity index (χ0v) is 13.3. The summed E-state index contributed by atoms with van der Waals surface area (Å²) in [4.78, 5) is 20.3. The highest BCUT2D eigenvalue weighted by Crippen LogP contribution is 2.43. The molecule has 1 unspecified atom stereocenters. The van der Waals surface area contributed by atoms with Crippen LogP contribution >= 0.6 is 11.3 Å². The van der Waals surface area contributed by atoms with E-state index in [-0.39, 0.29) is 22.8 Å². The van der Waals surface area contributed by atoms with Gasteiger partial charge in [-0.05, 0) is 32.3 Å². The third kappa shape index (κ3) is 2.59. The molecule has 2 heterocycles. The average Bonchev–Trinajstić information content (AvgIpc) is 2.57. The molecule has 1 aromatic heterocycles. The van der Waals surface area contributed by atoms with E-state index in [1.807, 2.05) is 22.7 Å². The van der Waals surface area contributed by atoms with E-state index in [2.05, 4.69) is 46.5 Å². The maximum atomic E-state index is 13.0. The van der Waals surface area contributed by atoms with Gasteiger partial charge in [0.1, 0.15) is 0 Å². The Morgan fingerprint density at radius 2 is 1.84 bits per heavy atom. The monoisotopic (exact) mass is 278 g/mol. The SMILES string of the molecule is CC(C)(C)C1C(=O)N(C(C)(C)C)C=Cc2ncsc21. The molecule has 104 valence electrons. The second-order valence-electron chi connectivity index (χ2n) is 7.10. The Morgan fingerprint density at radius 3 is 2.37 bits per heavy atom. The highest BCUT2D eigenvalue weighted by molar-refractivity contribution is 7.10. The summed E-state index contributed by atoms with van der Waals surface area (Å²) in [6.07, 6.45) is 3.84. The van der Waals surface area contributed by atoms with Crippen LogP contribution in [0.5, 0.6) is 0 Å². The molecule has 1 aliphatic heterocycles. The van der Waals surface area contributed by atoms with E-state index in [1.165, 1.54) is 0 Å². The number of fused-ring (bicyclic) bond motifs is 1. The standard InChI is InChI=1S/C15H22N2OS/c1-14(2,3)11-12-10(16-9-19-12)7-8-17(13(11)18)15(4,5)6/h7-9,11H,1-6H3. The summed E-state index contributed by atoms with van der Waals surface area (Å²) in [6.45, 7) is 12.5. The summed E-state index contributed by atoms with van der Waals surface area (Å²) in [5, 5.41) is 0. The number of nitrogens with zero attached hydrogens (tertiary/aromatic N) is 2. The predicted octanol–water partition coefficient (Wildman–Crippen LogP) is 3.88. The zero-order chi connectivity index (χ0) is 14.4. The lowest BCUT2D eigenvalue weighted by Crippen LogP contribution is -2.45. The van der Waals surface area contributed by atoms with Crippen molar-refractivity contribution in [1.29, 1.82) is 0 Å². The van der Waals surface area contributed by atoms with Gasteiger partial charge in [-0.3, -0.25) is 4.79 Å². The Morgan fingerprint density at radius 1 is 1.21 bits per heavy atom. The first-order valence-electron chi connectivity index (χ1n) is 6.57. The number of aromatic nitrogens is 1. The predicted molar refractivity (Wildman–Crippen MR) is 79.9 cm³/mol. The van der Waals surface area contributed by atoms with Crippen LogP contribution in [-0.2, 0) is 4.79 Å². The molecule has 1 aromatic rings. The Hall–Kier alpha value is -1.16. The molecule has 3 nitrogen and oxygen atoms in total. The molecule has 1 amide bonds. The van der Waals surface area contributed by atoms with Crippen LogP contribution in [0.15, 0.2) is 11.7 Å². The molecule has 0 N–H and O–H groups in total. The van der Waals surface area contributed by atoms with Crippen molar-refractivity contribution in [3.05, 3.63) is 22.3 Å². The van der Waals surface area contributed by atoms with Crippen LogP contribution in [0.1, 0.15) is 58.0 Å². The molecule has 0 saturated heterocycles. The minimum atomic E-state index is -0.217. The van der Waals surface area contributed by atoms with Crippen LogP contribution in [0.25, 0.3) is 6.08 Å². The number of thiazole rings is 1. The summed E-state index contributed by atoms with van der Waals surface area (Å²) < 4.78 is 0. The first kappa shape index (κ1) is 14.3. The van der Waals surface area contributed by atoms with E-state index in [4.69, 9.17) is 0 Å². The second-order valence-corrected chi connectivity index (χ2v) is 7.98. The number of carbonyl (C=O) groups excluding carboxylic acids is 1. The van der Waals surface area contributed by atoms with Crippen molar-refractivity contribution in [2.45, 2.75) is 53.0 Å². The first-order chi connectivity index (χ1) is 8.62. The van der Waals surface area contributed by atoms with Crippen molar-refractivity contribution < 1.29 is 4.79 Å². The highest BCUT2D eigenvalue weighted by Gasteiger charge is 2.41. The van der Waals surface area contributed by atoms with Crippen molar-refractivity contribution in [3.8, 4) is 0 Å². The van der Waals surface area contributed by atoms with Gasteiger partial charge in [-0.2, -0.15) is 0 Å². The number of hydrogen-bond acceptors (Lipinski definition) is 3. The van der Waals surface area contributed by atoms with E-state index >= 15 is 0 Å². The van der Waals surface area contributed by atoms with Crippen molar-refractivity contribution in [3.63, 3.8) is 0 Å². The Kier molecular flexibility index (Phi) is 3.33. The first-order valence-corrected chi connectivity index (χ1v) is 7.45. The molecular formula is C15H22N2OS. The third-order valence-corrected chi connectivity index (χ3v) is 4.25. The third-order valence-electron chi connectivity index (χ3n) is 3.34. The maximum Gasteiger partial charge on any atom is 0.236 e. The Balaban J connectivity index is 2.57. The molecule has 0 spiro atoms. The van der Waals surface area contributed by atoms with Crippen molar-refractivity contribution >= 4 is 23.3 Å². The molecule has 4 heteroatoms. The van der Waals surface area contributed by atoms with Crippen LogP contribution in [0, 0.1) is 5.41 Å². The molecule has 0 radical (unpaired) electrons. The van der Waals surface area contributed by atoms with Gasteiger partial charge in [0.05, 0.1) is 17.1 Å². The lowest BCUT2D eigenvalue weighted by atomic mass is 9.78. The molecule has 0 bridgehead atoms. The number of hydrogen-bond donors (Lipinski definition) is 0. The summed E-state index contributed by atoms with van der Waals surface area (Å²) in [7, 11) is 0. The normalized spacial score (nSPS) is 20.4. The van der Waals surface area contributed by atoms with E-state index in [0.29, 0.717) is 0 Å². The summed E-state index contributed by atoms with van der Waals surface area (Å²) in [6, 6.07) is 0. The van der Waals surface area contributed by atoms with Crippen LogP contribution in [0.4, 0.5) is 0 Å². The van der Waals surface area contributed by atoms with Gasteiger partial charge in [-0.25, -0.2) is 4.98 Å². The van der Waals surface area contributed by atoms with E-state index in [1.54, 1.807) is 11.3 Å². The fourth-order valence-corrected chi connectivity index (χ4v) is 3.50. The van der Waals surface area contributed by atoms with Crippen molar-refractivity contribution in [2.75, 3.05) is 0 Å². The fraction of sp³-hybridized carbons (Fsp3) is 0.600. The van der Waals surface area contributed by atoms with E-state index in [0.717, 1.165) is 10.6 Å². The number of rotatable bonds is 0. The molecule has 19 heavy (non-hydrogen) atoms. The minimum Gasteiger partial charge on any atom is -0.313 e. The van der Waals surface area contributed by atoms with Gasteiger partial charge in [0, 0.05) is 16.6 Å². The highest BCUT2D eigenvalue weighted by atomic mass is 32.1. The summed E-state index contributed by atoms with van der Waals surface area (Å²) in [5.74, 6) is 0.0310. The molecule has 0 aliphatic carbocycles. The number of amides is 1. The molecule has 0 aromatic carbocycles. The summed E-state index contributed by atoms with van der Waals surface area (Å²) >= 11 is 1.58. The fourth-order valence-electron chi connectivity index (χ4n) is 2.39. The molecule has 2 rings (SSSR count). The molecule has 0 saturated carbocycles. The van der Waals surface area contributed by atoms with Crippen molar-refractivity contribution in [2.24, 2.45) is 5.41 Å². The maximum absolute atomic E-state index is 13.0. The lowest BCUT2D eigenvalue weighted by molar-refractivity contribution is -0.136. The van der Waals surface area contributed by atoms with Crippen LogP contribution < -0.4 is 0 Å². The van der Waals surface area contributed by atoms with Gasteiger partial charge in [-0.1, -0.05) is 20.8 Å². The number of carbonyl (C=O) groups is 1. The topological polar surface area (TPSA) is 33.2 Å². The average molecular weight is 278 g/mol. The van der Waals surface area contributed by atoms with Gasteiger partial charge < -0.3 is 4.90 Å². The van der Waals surface area contributed by atoms with Gasteiger partial charge >= 0.3 is 0 Å². The molecule has 1 aliphatic rings. The minimum absolute atomic E-state index is 0.117. The molecule has 1 atom stereocenters. The second kappa shape index (κ2) is 4.44. The lowest BCUT2D eigenvalue weighted by Gasteiger charge is -2.38. The van der Waals surface area contributed by atoms with Gasteiger partial charge in [0.2, 0.25) is 5.91 Å². The van der Waals surface area contributed by atoms with Crippen molar-refractivity contribution in [1.82, 2.24) is 9.88 Å². The quantitative estimate of drug-likeness (QED) is 0.721. The van der Waals surface area contributed by atoms with Crippen LogP contribution in [0.3, 0.4) is 0 Å². The van der Waals surface area contributed by atoms with Crippen LogP contribution in [0.2, 0.25) is 0 Å². The van der Waals surface area contributed by atoms with Gasteiger partial charge in [-0.15, -0.1) is 11.3 Å². The Labute approximate surface area is 119 Å². The molecular weight excluding hydrogens is 256 g/mol. The Bertz CT molecular complexity index is 517. The van der Waals surface area contributed by atoms with Crippen LogP contribution in [-0.4, -0.2) is 21.3 Å². The molecule has 0 fully saturated rings. The van der Waals surface area contributed by atoms with Gasteiger partial charge in [0.25, 0.3) is 0 Å².